The van der Waals surface area contributed by atoms with Crippen molar-refractivity contribution in [2.75, 3.05) is 7.11 Å². The molecule has 0 aliphatic rings. The van der Waals surface area contributed by atoms with E-state index in [1.165, 1.54) is 0 Å². The molecule has 0 spiro atoms. The highest BCUT2D eigenvalue weighted by atomic mass is 32.1. The van der Waals surface area contributed by atoms with Crippen molar-refractivity contribution in [3.63, 3.8) is 0 Å². The fraction of sp³-hybridized carbons (Fsp3) is 0.111. The Morgan fingerprint density at radius 3 is 2.52 bits per heavy atom. The molecule has 0 radical (unpaired) electrons. The van der Waals surface area contributed by atoms with Gasteiger partial charge < -0.3 is 4.74 Å². The third-order valence-corrected chi connectivity index (χ3v) is 3.68. The molecule has 3 heteroatoms. The van der Waals surface area contributed by atoms with Crippen LogP contribution in [0.15, 0.2) is 49.0 Å². The Morgan fingerprint density at radius 2 is 1.90 bits per heavy atom. The maximum absolute atomic E-state index is 11.4. The predicted molar refractivity (Wildman–Crippen MR) is 90.7 cm³/mol. The Kier molecular flexibility index (Phi) is 4.66. The maximum Gasteiger partial charge on any atom is 0.191 e. The van der Waals surface area contributed by atoms with Crippen molar-refractivity contribution in [3.05, 3.63) is 65.7 Å². The standard InChI is InChI=1S/C18H16O2S/c1-12(2)13-8-9-15(14(10-13)11-19)16-6-4-5-7-17(16)18(21)20-3/h4-11H,1H2,2-3H3. The molecule has 0 fully saturated rings. The molecule has 0 bridgehead atoms. The van der Waals surface area contributed by atoms with Crippen molar-refractivity contribution < 1.29 is 9.53 Å². The van der Waals surface area contributed by atoms with Gasteiger partial charge in [0.05, 0.1) is 7.11 Å². The molecule has 0 heterocycles. The monoisotopic (exact) mass is 296 g/mol. The molecule has 0 aromatic heterocycles. The van der Waals surface area contributed by atoms with Gasteiger partial charge in [-0.15, -0.1) is 0 Å². The zero-order valence-electron chi connectivity index (χ0n) is 12.1. The highest BCUT2D eigenvalue weighted by molar-refractivity contribution is 7.80. The Bertz CT molecular complexity index is 717. The zero-order valence-corrected chi connectivity index (χ0v) is 12.9. The van der Waals surface area contributed by atoms with Gasteiger partial charge in [-0.05, 0) is 48.0 Å². The van der Waals surface area contributed by atoms with Crippen LogP contribution in [0.4, 0.5) is 0 Å². The summed E-state index contributed by atoms with van der Waals surface area (Å²) in [7, 11) is 1.55. The minimum atomic E-state index is 0.409. The topological polar surface area (TPSA) is 26.3 Å². The van der Waals surface area contributed by atoms with Gasteiger partial charge in [0.15, 0.2) is 11.3 Å². The van der Waals surface area contributed by atoms with Crippen molar-refractivity contribution >= 4 is 29.1 Å². The minimum absolute atomic E-state index is 0.409. The van der Waals surface area contributed by atoms with E-state index in [-0.39, 0.29) is 0 Å². The average Bonchev–Trinajstić information content (AvgIpc) is 2.53. The summed E-state index contributed by atoms with van der Waals surface area (Å²) in [4.78, 5) is 11.4. The second-order valence-corrected chi connectivity index (χ2v) is 5.11. The molecule has 0 amide bonds. The van der Waals surface area contributed by atoms with E-state index in [2.05, 4.69) is 6.58 Å². The Labute approximate surface area is 130 Å². The van der Waals surface area contributed by atoms with Gasteiger partial charge in [-0.1, -0.05) is 42.5 Å². The van der Waals surface area contributed by atoms with Gasteiger partial charge in [0.25, 0.3) is 0 Å². The smallest absolute Gasteiger partial charge is 0.191 e. The Hall–Kier alpha value is -2.26. The fourth-order valence-corrected chi connectivity index (χ4v) is 2.35. The van der Waals surface area contributed by atoms with Crippen LogP contribution in [0.25, 0.3) is 16.7 Å². The molecule has 0 aliphatic heterocycles. The van der Waals surface area contributed by atoms with Crippen LogP contribution >= 0.6 is 12.2 Å². The summed E-state index contributed by atoms with van der Waals surface area (Å²) < 4.78 is 5.16. The molecule has 2 aromatic carbocycles. The molecule has 106 valence electrons. The summed E-state index contributed by atoms with van der Waals surface area (Å²) >= 11 is 5.23. The lowest BCUT2D eigenvalue weighted by Crippen LogP contribution is -2.03. The van der Waals surface area contributed by atoms with E-state index in [9.17, 15) is 4.79 Å². The van der Waals surface area contributed by atoms with E-state index in [1.807, 2.05) is 49.4 Å². The summed E-state index contributed by atoms with van der Waals surface area (Å²) in [5.41, 5.74) is 5.02. The molecule has 2 nitrogen and oxygen atoms in total. The molecule has 0 saturated carbocycles. The van der Waals surface area contributed by atoms with Gasteiger partial charge in [0, 0.05) is 11.1 Å². The maximum atomic E-state index is 11.4. The number of hydrogen-bond acceptors (Lipinski definition) is 3. The van der Waals surface area contributed by atoms with Gasteiger partial charge in [-0.25, -0.2) is 0 Å². The first kappa shape index (κ1) is 15.1. The second-order valence-electron chi connectivity index (χ2n) is 4.74. The van der Waals surface area contributed by atoms with Crippen LogP contribution in [-0.4, -0.2) is 18.4 Å². The average molecular weight is 296 g/mol. The predicted octanol–water partition coefficient (Wildman–Crippen LogP) is 4.52. The molecule has 0 unspecified atom stereocenters. The molecule has 2 rings (SSSR count). The molecule has 0 N–H and O–H groups in total. The first-order chi connectivity index (χ1) is 10.1. The van der Waals surface area contributed by atoms with Gasteiger partial charge in [-0.3, -0.25) is 4.79 Å². The quantitative estimate of drug-likeness (QED) is 0.613. The number of aldehydes is 1. The second kappa shape index (κ2) is 6.46. The minimum Gasteiger partial charge on any atom is -0.486 e. The number of carbonyl (C=O) groups is 1. The summed E-state index contributed by atoms with van der Waals surface area (Å²) in [6.45, 7) is 5.82. The zero-order chi connectivity index (χ0) is 15.4. The Morgan fingerprint density at radius 1 is 1.19 bits per heavy atom. The first-order valence-corrected chi connectivity index (χ1v) is 6.92. The molecular formula is C18H16O2S. The molecular weight excluding hydrogens is 280 g/mol. The van der Waals surface area contributed by atoms with Crippen LogP contribution in [0, 0.1) is 0 Å². The van der Waals surface area contributed by atoms with Crippen LogP contribution in [0.2, 0.25) is 0 Å². The van der Waals surface area contributed by atoms with Crippen LogP contribution in [0.1, 0.15) is 28.4 Å². The highest BCUT2D eigenvalue weighted by Gasteiger charge is 2.13. The number of thiocarbonyl (C=S) groups is 1. The normalized spacial score (nSPS) is 10.0. The Balaban J connectivity index is 2.65. The largest absolute Gasteiger partial charge is 0.486 e. The molecule has 0 atom stereocenters. The third-order valence-electron chi connectivity index (χ3n) is 3.29. The first-order valence-electron chi connectivity index (χ1n) is 6.51. The summed E-state index contributed by atoms with van der Waals surface area (Å²) in [6, 6.07) is 13.4. The van der Waals surface area contributed by atoms with Gasteiger partial charge in [-0.2, -0.15) is 0 Å². The van der Waals surface area contributed by atoms with E-state index in [4.69, 9.17) is 17.0 Å². The van der Waals surface area contributed by atoms with Gasteiger partial charge in [0.2, 0.25) is 0 Å². The lowest BCUT2D eigenvalue weighted by atomic mass is 9.93. The van der Waals surface area contributed by atoms with Gasteiger partial charge >= 0.3 is 0 Å². The fourth-order valence-electron chi connectivity index (χ4n) is 2.18. The molecule has 0 aliphatic carbocycles. The summed E-state index contributed by atoms with van der Waals surface area (Å²) in [6.07, 6.45) is 0.856. The van der Waals surface area contributed by atoms with E-state index in [0.29, 0.717) is 10.6 Å². The number of carbonyl (C=O) groups excluding carboxylic acids is 1. The number of ether oxygens (including phenoxy) is 1. The van der Waals surface area contributed by atoms with Crippen LogP contribution in [0.3, 0.4) is 0 Å². The lowest BCUT2D eigenvalue weighted by molar-refractivity contribution is 0.112. The SMILES string of the molecule is C=C(C)c1ccc(-c2ccccc2C(=S)OC)c(C=O)c1. The van der Waals surface area contributed by atoms with Crippen molar-refractivity contribution in [3.8, 4) is 11.1 Å². The number of rotatable bonds is 4. The van der Waals surface area contributed by atoms with Crippen LogP contribution in [0.5, 0.6) is 0 Å². The summed E-state index contributed by atoms with van der Waals surface area (Å²) in [5, 5.41) is 0.409. The number of benzene rings is 2. The van der Waals surface area contributed by atoms with E-state index in [1.54, 1.807) is 7.11 Å². The van der Waals surface area contributed by atoms with Crippen molar-refractivity contribution in [2.24, 2.45) is 0 Å². The lowest BCUT2D eigenvalue weighted by Gasteiger charge is -2.13. The van der Waals surface area contributed by atoms with E-state index < -0.39 is 0 Å². The number of hydrogen-bond donors (Lipinski definition) is 0. The molecule has 21 heavy (non-hydrogen) atoms. The van der Waals surface area contributed by atoms with E-state index >= 15 is 0 Å². The van der Waals surface area contributed by atoms with Crippen molar-refractivity contribution in [2.45, 2.75) is 6.92 Å². The number of allylic oxidation sites excluding steroid dienone is 1. The van der Waals surface area contributed by atoms with E-state index in [0.717, 1.165) is 34.1 Å². The number of methoxy groups -OCH3 is 1. The van der Waals surface area contributed by atoms with Crippen molar-refractivity contribution in [1.29, 1.82) is 0 Å². The highest BCUT2D eigenvalue weighted by Crippen LogP contribution is 2.29. The van der Waals surface area contributed by atoms with Crippen LogP contribution in [-0.2, 0) is 4.74 Å². The molecule has 0 saturated heterocycles. The summed E-state index contributed by atoms with van der Waals surface area (Å²) in [5.74, 6) is 0. The van der Waals surface area contributed by atoms with Gasteiger partial charge in [0.1, 0.15) is 0 Å². The third kappa shape index (κ3) is 3.09. The van der Waals surface area contributed by atoms with Crippen LogP contribution < -0.4 is 0 Å². The van der Waals surface area contributed by atoms with Crippen molar-refractivity contribution in [1.82, 2.24) is 0 Å². The molecule has 2 aromatic rings.